The number of hydrogen-bond donors (Lipinski definition) is 1. The second-order valence-electron chi connectivity index (χ2n) is 4.56. The number of piperidine rings is 1. The van der Waals surface area contributed by atoms with Gasteiger partial charge in [0, 0.05) is 13.1 Å². The van der Waals surface area contributed by atoms with Crippen molar-refractivity contribution < 1.29 is 14.7 Å². The molecule has 1 atom stereocenters. The van der Waals surface area contributed by atoms with Crippen molar-refractivity contribution in [3.63, 3.8) is 0 Å². The monoisotopic (exact) mass is 254 g/mol. The van der Waals surface area contributed by atoms with Crippen LogP contribution >= 0.6 is 11.3 Å². The van der Waals surface area contributed by atoms with E-state index in [4.69, 9.17) is 0 Å². The van der Waals surface area contributed by atoms with E-state index in [0.29, 0.717) is 17.8 Å². The number of thiazole rings is 1. The van der Waals surface area contributed by atoms with E-state index in [2.05, 4.69) is 4.98 Å². The Labute approximate surface area is 103 Å². The maximum atomic E-state index is 12.1. The Kier molecular flexibility index (Phi) is 3.15. The zero-order valence-corrected chi connectivity index (χ0v) is 10.4. The van der Waals surface area contributed by atoms with Crippen molar-refractivity contribution in [3.8, 4) is 0 Å². The van der Waals surface area contributed by atoms with Crippen molar-refractivity contribution in [1.82, 2.24) is 9.88 Å². The maximum absolute atomic E-state index is 12.1. The molecule has 1 aliphatic rings. The number of rotatable bonds is 2. The summed E-state index contributed by atoms with van der Waals surface area (Å²) < 4.78 is 0. The Bertz CT molecular complexity index is 432. The third-order valence-electron chi connectivity index (χ3n) is 3.14. The van der Waals surface area contributed by atoms with Gasteiger partial charge in [-0.15, -0.1) is 11.3 Å². The fourth-order valence-electron chi connectivity index (χ4n) is 2.06. The Morgan fingerprint density at radius 2 is 2.35 bits per heavy atom. The van der Waals surface area contributed by atoms with Crippen molar-refractivity contribution in [2.24, 2.45) is 5.41 Å². The highest BCUT2D eigenvalue weighted by Crippen LogP contribution is 2.30. The van der Waals surface area contributed by atoms with E-state index in [1.807, 2.05) is 0 Å². The van der Waals surface area contributed by atoms with Crippen LogP contribution in [0.1, 0.15) is 29.4 Å². The lowest BCUT2D eigenvalue weighted by Gasteiger charge is -2.37. The van der Waals surface area contributed by atoms with Gasteiger partial charge < -0.3 is 10.0 Å². The average Bonchev–Trinajstić information content (AvgIpc) is 2.81. The molecule has 0 bridgehead atoms. The zero-order valence-electron chi connectivity index (χ0n) is 9.55. The van der Waals surface area contributed by atoms with Crippen LogP contribution in [0.15, 0.2) is 11.7 Å². The summed E-state index contributed by atoms with van der Waals surface area (Å²) in [6.07, 6.45) is 2.88. The molecule has 0 radical (unpaired) electrons. The fraction of sp³-hybridized carbons (Fsp3) is 0.545. The molecule has 2 rings (SSSR count). The minimum Gasteiger partial charge on any atom is -0.481 e. The van der Waals surface area contributed by atoms with E-state index in [9.17, 15) is 14.7 Å². The largest absolute Gasteiger partial charge is 0.481 e. The standard InChI is InChI=1S/C11H14N2O3S/c1-11(10(15)16)3-2-4-13(6-11)9(14)8-5-12-7-17-8/h5,7H,2-4,6H2,1H3,(H,15,16). The number of hydrogen-bond acceptors (Lipinski definition) is 4. The first-order valence-electron chi connectivity index (χ1n) is 5.44. The molecule has 1 unspecified atom stereocenters. The van der Waals surface area contributed by atoms with E-state index >= 15 is 0 Å². The van der Waals surface area contributed by atoms with Crippen molar-refractivity contribution in [2.75, 3.05) is 13.1 Å². The summed E-state index contributed by atoms with van der Waals surface area (Å²) in [5.74, 6) is -0.945. The van der Waals surface area contributed by atoms with Crippen LogP contribution in [0.25, 0.3) is 0 Å². The average molecular weight is 254 g/mol. The molecule has 1 N–H and O–H groups in total. The van der Waals surface area contributed by atoms with E-state index in [1.54, 1.807) is 17.3 Å². The van der Waals surface area contributed by atoms with Crippen LogP contribution in [-0.4, -0.2) is 40.0 Å². The predicted octanol–water partition coefficient (Wildman–Crippen LogP) is 1.47. The molecule has 0 saturated carbocycles. The van der Waals surface area contributed by atoms with Crippen LogP contribution in [0, 0.1) is 5.41 Å². The Hall–Kier alpha value is -1.43. The van der Waals surface area contributed by atoms with Gasteiger partial charge in [-0.1, -0.05) is 0 Å². The van der Waals surface area contributed by atoms with Crippen LogP contribution in [-0.2, 0) is 4.79 Å². The van der Waals surface area contributed by atoms with Gasteiger partial charge >= 0.3 is 5.97 Å². The van der Waals surface area contributed by atoms with Crippen molar-refractivity contribution in [3.05, 3.63) is 16.6 Å². The molecule has 6 heteroatoms. The third kappa shape index (κ3) is 2.31. The smallest absolute Gasteiger partial charge is 0.311 e. The first-order valence-corrected chi connectivity index (χ1v) is 6.32. The number of likely N-dealkylation sites (tertiary alicyclic amines) is 1. The van der Waals surface area contributed by atoms with E-state index in [-0.39, 0.29) is 12.5 Å². The first kappa shape index (κ1) is 12.0. The predicted molar refractivity (Wildman–Crippen MR) is 63.0 cm³/mol. The number of amides is 1. The highest BCUT2D eigenvalue weighted by Gasteiger charge is 2.39. The maximum Gasteiger partial charge on any atom is 0.311 e. The molecule has 1 fully saturated rings. The minimum atomic E-state index is -0.834. The summed E-state index contributed by atoms with van der Waals surface area (Å²) in [5, 5.41) is 9.18. The highest BCUT2D eigenvalue weighted by atomic mass is 32.1. The second-order valence-corrected chi connectivity index (χ2v) is 5.45. The molecular weight excluding hydrogens is 240 g/mol. The van der Waals surface area contributed by atoms with Gasteiger partial charge in [-0.25, -0.2) is 0 Å². The van der Waals surface area contributed by atoms with Gasteiger partial charge in [-0.05, 0) is 19.8 Å². The molecule has 1 aliphatic heterocycles. The lowest BCUT2D eigenvalue weighted by atomic mass is 9.82. The molecule has 1 saturated heterocycles. The Balaban J connectivity index is 2.13. The SMILES string of the molecule is CC1(C(=O)O)CCCN(C(=O)c2cncs2)C1. The molecule has 0 aromatic carbocycles. The molecule has 5 nitrogen and oxygen atoms in total. The number of nitrogens with zero attached hydrogens (tertiary/aromatic N) is 2. The molecule has 92 valence electrons. The van der Waals surface area contributed by atoms with Crippen LogP contribution in [0.4, 0.5) is 0 Å². The van der Waals surface area contributed by atoms with Crippen molar-refractivity contribution in [2.45, 2.75) is 19.8 Å². The molecule has 1 aromatic rings. The van der Waals surface area contributed by atoms with E-state index < -0.39 is 11.4 Å². The number of aromatic nitrogens is 1. The molecule has 17 heavy (non-hydrogen) atoms. The minimum absolute atomic E-state index is 0.111. The Morgan fingerprint density at radius 3 is 2.94 bits per heavy atom. The van der Waals surface area contributed by atoms with Crippen LogP contribution < -0.4 is 0 Å². The first-order chi connectivity index (χ1) is 8.03. The molecule has 0 spiro atoms. The topological polar surface area (TPSA) is 70.5 Å². The highest BCUT2D eigenvalue weighted by molar-refractivity contribution is 7.11. The molecular formula is C11H14N2O3S. The summed E-state index contributed by atoms with van der Waals surface area (Å²) in [6, 6.07) is 0. The second kappa shape index (κ2) is 4.44. The van der Waals surface area contributed by atoms with Crippen molar-refractivity contribution in [1.29, 1.82) is 0 Å². The number of carbonyl (C=O) groups excluding carboxylic acids is 1. The number of carboxylic acids is 1. The molecule has 1 aromatic heterocycles. The number of carbonyl (C=O) groups is 2. The zero-order chi connectivity index (χ0) is 12.5. The summed E-state index contributed by atoms with van der Waals surface area (Å²) in [6.45, 7) is 2.60. The van der Waals surface area contributed by atoms with Gasteiger partial charge in [0.1, 0.15) is 4.88 Å². The van der Waals surface area contributed by atoms with Crippen molar-refractivity contribution >= 4 is 23.2 Å². The van der Waals surface area contributed by atoms with Crippen LogP contribution in [0.2, 0.25) is 0 Å². The van der Waals surface area contributed by atoms with Gasteiger partial charge in [0.2, 0.25) is 0 Å². The van der Waals surface area contributed by atoms with Gasteiger partial charge in [-0.2, -0.15) is 0 Å². The van der Waals surface area contributed by atoms with Gasteiger partial charge in [0.15, 0.2) is 0 Å². The quantitative estimate of drug-likeness (QED) is 0.867. The number of carboxylic acid groups (broad SMARTS) is 1. The summed E-state index contributed by atoms with van der Waals surface area (Å²) in [7, 11) is 0. The van der Waals surface area contributed by atoms with E-state index in [0.717, 1.165) is 6.42 Å². The fourth-order valence-corrected chi connectivity index (χ4v) is 2.65. The van der Waals surface area contributed by atoms with E-state index in [1.165, 1.54) is 17.5 Å². The van der Waals surface area contributed by atoms with Crippen LogP contribution in [0.5, 0.6) is 0 Å². The molecule has 0 aliphatic carbocycles. The van der Waals surface area contributed by atoms with Gasteiger partial charge in [-0.3, -0.25) is 14.6 Å². The summed E-state index contributed by atoms with van der Waals surface area (Å²) in [4.78, 5) is 29.3. The summed E-state index contributed by atoms with van der Waals surface area (Å²) >= 11 is 1.28. The van der Waals surface area contributed by atoms with Crippen LogP contribution in [0.3, 0.4) is 0 Å². The van der Waals surface area contributed by atoms with Gasteiger partial charge in [0.05, 0.1) is 17.1 Å². The number of aliphatic carboxylic acids is 1. The molecule has 1 amide bonds. The normalized spacial score (nSPS) is 24.6. The lowest BCUT2D eigenvalue weighted by molar-refractivity contribution is -0.150. The third-order valence-corrected chi connectivity index (χ3v) is 3.90. The summed E-state index contributed by atoms with van der Waals surface area (Å²) in [5.41, 5.74) is 0.784. The Morgan fingerprint density at radius 1 is 1.59 bits per heavy atom. The molecule has 2 heterocycles. The lowest BCUT2D eigenvalue weighted by Crippen LogP contribution is -2.48. The van der Waals surface area contributed by atoms with Gasteiger partial charge in [0.25, 0.3) is 5.91 Å².